The predicted octanol–water partition coefficient (Wildman–Crippen LogP) is 3.99. The highest BCUT2D eigenvalue weighted by Gasteiger charge is 2.42. The highest BCUT2D eigenvalue weighted by Crippen LogP contribution is 2.38. The van der Waals surface area contributed by atoms with Crippen molar-refractivity contribution >= 4 is 34.4 Å². The molecule has 0 spiro atoms. The molecule has 4 heterocycles. The first-order valence-electron chi connectivity index (χ1n) is 11.8. The minimum Gasteiger partial charge on any atom is -0.374 e. The molecule has 1 aromatic carbocycles. The van der Waals surface area contributed by atoms with E-state index in [-0.39, 0.29) is 24.9 Å². The van der Waals surface area contributed by atoms with E-state index in [1.165, 1.54) is 22.3 Å². The van der Waals surface area contributed by atoms with Gasteiger partial charge in [0.25, 0.3) is 5.91 Å². The van der Waals surface area contributed by atoms with Gasteiger partial charge < -0.3 is 10.2 Å². The summed E-state index contributed by atoms with van der Waals surface area (Å²) in [4.78, 5) is 37.9. The zero-order valence-corrected chi connectivity index (χ0v) is 19.6. The minimum atomic E-state index is -5.01. The average molecular weight is 541 g/mol. The number of hydrogen-bond donors (Lipinski definition) is 2. The monoisotopic (exact) mass is 541 g/mol. The van der Waals surface area contributed by atoms with Crippen LogP contribution in [-0.2, 0) is 21.9 Å². The van der Waals surface area contributed by atoms with Crippen molar-refractivity contribution in [3.63, 3.8) is 0 Å². The number of aromatic nitrogens is 4. The number of benzene rings is 1. The lowest BCUT2D eigenvalue weighted by atomic mass is 9.96. The number of halogens is 6. The van der Waals surface area contributed by atoms with Crippen molar-refractivity contribution in [2.75, 3.05) is 23.3 Å². The fraction of sp³-hybridized carbons (Fsp3) is 0.435. The summed E-state index contributed by atoms with van der Waals surface area (Å²) in [6.45, 7) is 0.573. The second-order valence-corrected chi connectivity index (χ2v) is 9.14. The molecular formula is C23H21F6N7O2. The van der Waals surface area contributed by atoms with Crippen molar-refractivity contribution in [2.24, 2.45) is 0 Å². The molecule has 0 aliphatic carbocycles. The molecule has 1 unspecified atom stereocenters. The Morgan fingerprint density at radius 1 is 0.895 bits per heavy atom. The molecule has 2 aliphatic rings. The number of rotatable bonds is 4. The quantitative estimate of drug-likeness (QED) is 0.484. The van der Waals surface area contributed by atoms with Gasteiger partial charge in [0.2, 0.25) is 5.91 Å². The number of carbonyl (C=O) groups is 2. The number of aromatic amines is 1. The molecule has 202 valence electrons. The molecular weight excluding hydrogens is 520 g/mol. The van der Waals surface area contributed by atoms with Crippen molar-refractivity contribution in [3.8, 4) is 0 Å². The van der Waals surface area contributed by atoms with Gasteiger partial charge >= 0.3 is 12.4 Å². The topological polar surface area (TPSA) is 107 Å². The first-order valence-corrected chi connectivity index (χ1v) is 11.8. The molecule has 2 saturated heterocycles. The van der Waals surface area contributed by atoms with Crippen LogP contribution < -0.4 is 10.2 Å². The van der Waals surface area contributed by atoms with Crippen molar-refractivity contribution in [1.82, 2.24) is 25.1 Å². The van der Waals surface area contributed by atoms with Crippen molar-refractivity contribution in [3.05, 3.63) is 41.9 Å². The number of hydrogen-bond acceptors (Lipinski definition) is 6. The van der Waals surface area contributed by atoms with Gasteiger partial charge in [0, 0.05) is 18.8 Å². The summed E-state index contributed by atoms with van der Waals surface area (Å²) in [6, 6.07) is -0.846. The number of fused-ring (bicyclic) bond motifs is 1. The van der Waals surface area contributed by atoms with Gasteiger partial charge in [-0.15, -0.1) is 0 Å². The normalized spacial score (nSPS) is 21.3. The van der Waals surface area contributed by atoms with E-state index < -0.39 is 47.2 Å². The van der Waals surface area contributed by atoms with E-state index in [0.29, 0.717) is 54.8 Å². The molecule has 2 amide bonds. The van der Waals surface area contributed by atoms with E-state index in [1.807, 2.05) is 0 Å². The first-order chi connectivity index (χ1) is 17.9. The Kier molecular flexibility index (Phi) is 6.39. The van der Waals surface area contributed by atoms with Crippen LogP contribution in [0.2, 0.25) is 0 Å². The van der Waals surface area contributed by atoms with Gasteiger partial charge in [-0.1, -0.05) is 0 Å². The van der Waals surface area contributed by atoms with E-state index in [0.717, 1.165) is 0 Å². The van der Waals surface area contributed by atoms with Crippen LogP contribution in [0.1, 0.15) is 36.8 Å². The smallest absolute Gasteiger partial charge is 0.374 e. The summed E-state index contributed by atoms with van der Waals surface area (Å²) in [7, 11) is 0. The van der Waals surface area contributed by atoms with Crippen LogP contribution in [0.4, 0.5) is 37.8 Å². The molecule has 2 fully saturated rings. The number of likely N-dealkylation sites (tertiary alicyclic amines) is 1. The van der Waals surface area contributed by atoms with Gasteiger partial charge in [0.05, 0.1) is 22.7 Å². The summed E-state index contributed by atoms with van der Waals surface area (Å²) >= 11 is 0. The molecule has 38 heavy (non-hydrogen) atoms. The molecule has 0 bridgehead atoms. The second kappa shape index (κ2) is 9.44. The molecule has 15 heteroatoms. The van der Waals surface area contributed by atoms with Crippen molar-refractivity contribution in [1.29, 1.82) is 0 Å². The molecule has 2 N–H and O–H groups in total. The van der Waals surface area contributed by atoms with E-state index in [9.17, 15) is 35.9 Å². The number of nitrogens with one attached hydrogen (secondary N) is 2. The van der Waals surface area contributed by atoms with Crippen molar-refractivity contribution in [2.45, 2.75) is 50.1 Å². The Hall–Kier alpha value is -3.91. The summed E-state index contributed by atoms with van der Waals surface area (Å²) in [6.07, 6.45) is -5.78. The average Bonchev–Trinajstić information content (AvgIpc) is 3.34. The highest BCUT2D eigenvalue weighted by atomic mass is 19.4. The van der Waals surface area contributed by atoms with Gasteiger partial charge in [-0.3, -0.25) is 19.6 Å². The maximum Gasteiger partial charge on any atom is 0.416 e. The third-order valence-corrected chi connectivity index (χ3v) is 6.67. The van der Waals surface area contributed by atoms with Crippen LogP contribution in [0.25, 0.3) is 11.0 Å². The molecule has 2 aliphatic heterocycles. The summed E-state index contributed by atoms with van der Waals surface area (Å²) in [5.74, 6) is -0.621. The van der Waals surface area contributed by atoms with Crippen LogP contribution >= 0.6 is 0 Å². The molecule has 5 rings (SSSR count). The fourth-order valence-electron chi connectivity index (χ4n) is 4.91. The van der Waals surface area contributed by atoms with E-state index in [4.69, 9.17) is 0 Å². The number of nitrogens with zero attached hydrogens (tertiary/aromatic N) is 5. The van der Waals surface area contributed by atoms with Crippen molar-refractivity contribution < 1.29 is 35.9 Å². The van der Waals surface area contributed by atoms with Gasteiger partial charge in [-0.25, -0.2) is 9.97 Å². The molecule has 2 atom stereocenters. The molecule has 9 nitrogen and oxygen atoms in total. The molecule has 0 saturated carbocycles. The highest BCUT2D eigenvalue weighted by molar-refractivity contribution is 6.04. The van der Waals surface area contributed by atoms with Crippen LogP contribution in [0.3, 0.4) is 0 Å². The lowest BCUT2D eigenvalue weighted by Crippen LogP contribution is -2.59. The van der Waals surface area contributed by atoms with Gasteiger partial charge in [-0.05, 0) is 43.9 Å². The number of H-pyrrole nitrogens is 1. The van der Waals surface area contributed by atoms with Gasteiger partial charge in [0.15, 0.2) is 5.65 Å². The summed E-state index contributed by atoms with van der Waals surface area (Å²) in [5.41, 5.74) is -3.01. The summed E-state index contributed by atoms with van der Waals surface area (Å²) < 4.78 is 79.6. The number of alkyl halides is 6. The predicted molar refractivity (Wildman–Crippen MR) is 122 cm³/mol. The maximum atomic E-state index is 13.5. The first kappa shape index (κ1) is 25.7. The van der Waals surface area contributed by atoms with Crippen LogP contribution in [0, 0.1) is 0 Å². The van der Waals surface area contributed by atoms with E-state index in [2.05, 4.69) is 25.5 Å². The lowest BCUT2D eigenvalue weighted by Gasteiger charge is -2.41. The van der Waals surface area contributed by atoms with Gasteiger partial charge in [-0.2, -0.15) is 31.4 Å². The Labute approximate surface area is 211 Å². The number of carbonyl (C=O) groups excluding carboxylic acids is 2. The second-order valence-electron chi connectivity index (χ2n) is 9.14. The lowest BCUT2D eigenvalue weighted by molar-refractivity contribution is -0.143. The number of amides is 2. The Bertz CT molecular complexity index is 1340. The van der Waals surface area contributed by atoms with E-state index in [1.54, 1.807) is 0 Å². The maximum absolute atomic E-state index is 13.5. The van der Waals surface area contributed by atoms with Crippen LogP contribution in [-0.4, -0.2) is 62.1 Å². The fourth-order valence-corrected chi connectivity index (χ4v) is 4.91. The third kappa shape index (κ3) is 4.84. The molecule has 0 radical (unpaired) electrons. The Morgan fingerprint density at radius 3 is 2.26 bits per heavy atom. The largest absolute Gasteiger partial charge is 0.416 e. The van der Waals surface area contributed by atoms with Crippen LogP contribution in [0.15, 0.2) is 30.7 Å². The molecule has 3 aromatic rings. The van der Waals surface area contributed by atoms with Gasteiger partial charge in [0.1, 0.15) is 24.2 Å². The minimum absolute atomic E-state index is 0.0274. The third-order valence-electron chi connectivity index (χ3n) is 6.67. The number of piperidine rings is 2. The zero-order chi connectivity index (χ0) is 27.2. The Balaban J connectivity index is 1.38. The Morgan fingerprint density at radius 2 is 1.58 bits per heavy atom. The summed E-state index contributed by atoms with van der Waals surface area (Å²) in [5, 5.41) is 9.69. The van der Waals surface area contributed by atoms with E-state index >= 15 is 0 Å². The SMILES string of the molecule is O=C1[C@H](N2CCCC(Nc3cc(C(F)(F)F)cc(C(F)(F)F)c3)C2=O)CCCN1c1ncnc2[nH]ncc12. The zero-order valence-electron chi connectivity index (χ0n) is 19.6. The molecule has 2 aromatic heterocycles. The number of anilines is 2. The standard InChI is InChI=1S/C23H21F6N7O2/c24-22(25,26)12-7-13(23(27,28)29)9-14(8-12)33-16-3-1-5-35(20(16)37)17-4-2-6-36(21(17)38)19-15-10-32-34-18(15)30-11-31-19/h7-11,16-17,33H,1-6H2,(H,30,31,32,34)/t16?,17-/m1/s1. The van der Waals surface area contributed by atoms with Crippen LogP contribution in [0.5, 0.6) is 0 Å².